The fourth-order valence-corrected chi connectivity index (χ4v) is 1.29. The molecular formula is C10H8F3N5O. The van der Waals surface area contributed by atoms with Crippen LogP contribution in [0, 0.1) is 0 Å². The van der Waals surface area contributed by atoms with Crippen LogP contribution in [0.1, 0.15) is 16.2 Å². The van der Waals surface area contributed by atoms with Gasteiger partial charge in [0.15, 0.2) is 0 Å². The van der Waals surface area contributed by atoms with Crippen LogP contribution in [0.2, 0.25) is 0 Å². The Balaban J connectivity index is 2.10. The molecule has 0 aliphatic heterocycles. The molecule has 6 nitrogen and oxygen atoms in total. The van der Waals surface area contributed by atoms with E-state index in [0.29, 0.717) is 0 Å². The van der Waals surface area contributed by atoms with E-state index in [1.807, 2.05) is 0 Å². The van der Waals surface area contributed by atoms with Gasteiger partial charge < -0.3 is 11.1 Å². The van der Waals surface area contributed by atoms with Gasteiger partial charge in [-0.3, -0.25) is 9.89 Å². The molecule has 4 N–H and O–H groups in total. The van der Waals surface area contributed by atoms with Gasteiger partial charge in [-0.05, 0) is 12.1 Å². The van der Waals surface area contributed by atoms with Gasteiger partial charge >= 0.3 is 6.18 Å². The minimum Gasteiger partial charge on any atom is -0.382 e. The van der Waals surface area contributed by atoms with Gasteiger partial charge in [-0.1, -0.05) is 0 Å². The summed E-state index contributed by atoms with van der Waals surface area (Å²) >= 11 is 0. The number of anilines is 2. The number of nitrogens with two attached hydrogens (primary N) is 1. The second-order valence-corrected chi connectivity index (χ2v) is 3.59. The Morgan fingerprint density at radius 2 is 2.11 bits per heavy atom. The first-order valence-electron chi connectivity index (χ1n) is 5.02. The number of alkyl halides is 3. The van der Waals surface area contributed by atoms with Crippen LogP contribution in [0.3, 0.4) is 0 Å². The zero-order chi connectivity index (χ0) is 14.0. The van der Waals surface area contributed by atoms with Crippen molar-refractivity contribution in [2.45, 2.75) is 6.18 Å². The number of nitrogens with zero attached hydrogens (tertiary/aromatic N) is 2. The topological polar surface area (TPSA) is 96.7 Å². The number of halogens is 3. The number of rotatable bonds is 2. The van der Waals surface area contributed by atoms with Gasteiger partial charge in [-0.25, -0.2) is 4.98 Å². The highest BCUT2D eigenvalue weighted by Gasteiger charge is 2.32. The second kappa shape index (κ2) is 4.59. The van der Waals surface area contributed by atoms with Crippen LogP contribution in [0.4, 0.5) is 24.7 Å². The Morgan fingerprint density at radius 1 is 1.37 bits per heavy atom. The molecule has 0 unspecified atom stereocenters. The quantitative estimate of drug-likeness (QED) is 0.773. The number of nitrogen functional groups attached to an aromatic ring is 1. The Hall–Kier alpha value is -2.58. The van der Waals surface area contributed by atoms with E-state index in [0.717, 1.165) is 18.3 Å². The van der Waals surface area contributed by atoms with Gasteiger partial charge in [0.05, 0.1) is 11.9 Å². The van der Waals surface area contributed by atoms with Gasteiger partial charge in [0.25, 0.3) is 5.91 Å². The molecule has 0 radical (unpaired) electrons. The maximum atomic E-state index is 12.3. The highest BCUT2D eigenvalue weighted by atomic mass is 19.4. The molecule has 0 aliphatic rings. The molecule has 0 bridgehead atoms. The third-order valence-corrected chi connectivity index (χ3v) is 2.15. The lowest BCUT2D eigenvalue weighted by Gasteiger charge is -2.07. The van der Waals surface area contributed by atoms with Crippen LogP contribution >= 0.6 is 0 Å². The summed E-state index contributed by atoms with van der Waals surface area (Å²) in [6.07, 6.45) is -3.60. The molecule has 9 heteroatoms. The van der Waals surface area contributed by atoms with Crippen LogP contribution in [0.5, 0.6) is 0 Å². The van der Waals surface area contributed by atoms with E-state index >= 15 is 0 Å². The van der Waals surface area contributed by atoms with Gasteiger partial charge in [-0.2, -0.15) is 18.3 Å². The average Bonchev–Trinajstić information content (AvgIpc) is 2.75. The van der Waals surface area contributed by atoms with E-state index in [-0.39, 0.29) is 17.2 Å². The molecule has 19 heavy (non-hydrogen) atoms. The minimum atomic E-state index is -4.51. The predicted molar refractivity (Wildman–Crippen MR) is 60.2 cm³/mol. The number of amides is 1. The van der Waals surface area contributed by atoms with Crippen LogP contribution in [-0.2, 0) is 6.18 Å². The Morgan fingerprint density at radius 3 is 2.58 bits per heavy atom. The summed E-state index contributed by atoms with van der Waals surface area (Å²) in [5, 5.41) is 8.28. The normalized spacial score (nSPS) is 11.3. The molecule has 0 aromatic carbocycles. The van der Waals surface area contributed by atoms with Gasteiger partial charge in [0, 0.05) is 6.07 Å². The maximum absolute atomic E-state index is 12.3. The molecule has 0 aliphatic carbocycles. The highest BCUT2D eigenvalue weighted by Crippen LogP contribution is 2.27. The molecule has 0 spiro atoms. The fraction of sp³-hybridized carbons (Fsp3) is 0.100. The van der Waals surface area contributed by atoms with Crippen molar-refractivity contribution in [3.63, 3.8) is 0 Å². The van der Waals surface area contributed by atoms with Gasteiger partial charge in [0.2, 0.25) is 0 Å². The molecule has 0 atom stereocenters. The highest BCUT2D eigenvalue weighted by molar-refractivity contribution is 6.03. The van der Waals surface area contributed by atoms with Crippen molar-refractivity contribution < 1.29 is 18.0 Å². The van der Waals surface area contributed by atoms with E-state index in [2.05, 4.69) is 20.5 Å². The number of H-pyrrole nitrogens is 1. The molecule has 1 amide bonds. The first-order valence-corrected chi connectivity index (χ1v) is 5.02. The number of hydrogen-bond donors (Lipinski definition) is 3. The lowest BCUT2D eigenvalue weighted by molar-refractivity contribution is -0.141. The third kappa shape index (κ3) is 3.00. The number of aromatic nitrogens is 3. The van der Waals surface area contributed by atoms with Crippen LogP contribution in [0.15, 0.2) is 24.4 Å². The zero-order valence-electron chi connectivity index (χ0n) is 9.32. The molecule has 0 saturated heterocycles. The number of hydrogen-bond acceptors (Lipinski definition) is 4. The van der Waals surface area contributed by atoms with Crippen molar-refractivity contribution in [2.24, 2.45) is 0 Å². The third-order valence-electron chi connectivity index (χ3n) is 2.15. The first kappa shape index (κ1) is 12.9. The minimum absolute atomic E-state index is 0.0948. The second-order valence-electron chi connectivity index (χ2n) is 3.59. The lowest BCUT2D eigenvalue weighted by Crippen LogP contribution is -2.13. The standard InChI is InChI=1S/C10H8F3N5O/c11-10(12,13)7-2-1-5(4-15-7)16-9(19)6-3-8(14)18-17-6/h1-4H,(H,16,19)(H3,14,17,18). The lowest BCUT2D eigenvalue weighted by atomic mass is 10.3. The largest absolute Gasteiger partial charge is 0.433 e. The summed E-state index contributed by atoms with van der Waals surface area (Å²) in [5.74, 6) is -0.443. The van der Waals surface area contributed by atoms with Crippen molar-refractivity contribution in [1.29, 1.82) is 0 Å². The number of carbonyl (C=O) groups is 1. The van der Waals surface area contributed by atoms with Crippen molar-refractivity contribution in [1.82, 2.24) is 15.2 Å². The summed E-state index contributed by atoms with van der Waals surface area (Å²) in [4.78, 5) is 14.8. The van der Waals surface area contributed by atoms with E-state index in [4.69, 9.17) is 5.73 Å². The molecule has 100 valence electrons. The number of nitrogens with one attached hydrogen (secondary N) is 2. The Bertz CT molecular complexity index is 590. The van der Waals surface area contributed by atoms with E-state index in [1.54, 1.807) is 0 Å². The van der Waals surface area contributed by atoms with Crippen molar-refractivity contribution in [3.05, 3.63) is 35.8 Å². The Labute approximate surface area is 104 Å². The smallest absolute Gasteiger partial charge is 0.382 e. The SMILES string of the molecule is Nc1cc(C(=O)Nc2ccc(C(F)(F)F)nc2)[nH]n1. The van der Waals surface area contributed by atoms with Crippen molar-refractivity contribution in [2.75, 3.05) is 11.1 Å². The average molecular weight is 271 g/mol. The van der Waals surface area contributed by atoms with Crippen LogP contribution in [-0.4, -0.2) is 21.1 Å². The fourth-order valence-electron chi connectivity index (χ4n) is 1.29. The molecule has 2 aromatic heterocycles. The van der Waals surface area contributed by atoms with Gasteiger partial charge in [-0.15, -0.1) is 0 Å². The van der Waals surface area contributed by atoms with E-state index in [1.165, 1.54) is 6.07 Å². The molecular weight excluding hydrogens is 263 g/mol. The summed E-state index contributed by atoms with van der Waals surface area (Å²) in [6.45, 7) is 0. The van der Waals surface area contributed by atoms with Crippen molar-refractivity contribution >= 4 is 17.4 Å². The van der Waals surface area contributed by atoms with Crippen LogP contribution in [0.25, 0.3) is 0 Å². The first-order chi connectivity index (χ1) is 8.86. The molecule has 2 heterocycles. The molecule has 0 saturated carbocycles. The maximum Gasteiger partial charge on any atom is 0.433 e. The zero-order valence-corrected chi connectivity index (χ0v) is 9.32. The van der Waals surface area contributed by atoms with Crippen LogP contribution < -0.4 is 11.1 Å². The summed E-state index contributed by atoms with van der Waals surface area (Å²) in [5.41, 5.74) is 4.51. The Kier molecular flexibility index (Phi) is 3.11. The summed E-state index contributed by atoms with van der Waals surface area (Å²) in [6, 6.07) is 3.18. The van der Waals surface area contributed by atoms with Gasteiger partial charge in [0.1, 0.15) is 17.2 Å². The summed E-state index contributed by atoms with van der Waals surface area (Å²) in [7, 11) is 0. The monoisotopic (exact) mass is 271 g/mol. The predicted octanol–water partition coefficient (Wildman–Crippen LogP) is 1.66. The molecule has 2 rings (SSSR count). The molecule has 2 aromatic rings. The number of carbonyl (C=O) groups excluding carboxylic acids is 1. The van der Waals surface area contributed by atoms with Crippen molar-refractivity contribution in [3.8, 4) is 0 Å². The van der Waals surface area contributed by atoms with E-state index < -0.39 is 17.8 Å². The number of pyridine rings is 1. The van der Waals surface area contributed by atoms with E-state index in [9.17, 15) is 18.0 Å². The number of aromatic amines is 1. The molecule has 0 fully saturated rings. The summed E-state index contributed by atoms with van der Waals surface area (Å²) < 4.78 is 36.8.